The molecule has 0 aliphatic rings. The van der Waals surface area contributed by atoms with Crippen molar-refractivity contribution < 1.29 is 4.79 Å². The molecule has 1 aromatic heterocycles. The summed E-state index contributed by atoms with van der Waals surface area (Å²) in [6.07, 6.45) is 0. The van der Waals surface area contributed by atoms with Crippen molar-refractivity contribution in [3.8, 4) is 0 Å². The van der Waals surface area contributed by atoms with Crippen molar-refractivity contribution in [2.45, 2.75) is 19.9 Å². The van der Waals surface area contributed by atoms with Crippen LogP contribution in [0.3, 0.4) is 0 Å². The molecule has 0 fully saturated rings. The molecule has 3 nitrogen and oxygen atoms in total. The summed E-state index contributed by atoms with van der Waals surface area (Å²) in [6, 6.07) is 12.4. The predicted molar refractivity (Wildman–Crippen MR) is 88.8 cm³/mol. The highest BCUT2D eigenvalue weighted by Crippen LogP contribution is 2.19. The summed E-state index contributed by atoms with van der Waals surface area (Å²) in [5, 5.41) is 6.86. The van der Waals surface area contributed by atoms with Gasteiger partial charge in [0.05, 0.1) is 6.04 Å². The number of likely N-dealkylation sites (N-methyl/N-ethyl adjacent to an activating group) is 1. The first kappa shape index (κ1) is 15.7. The van der Waals surface area contributed by atoms with Crippen molar-refractivity contribution >= 4 is 17.2 Å². The van der Waals surface area contributed by atoms with Gasteiger partial charge in [-0.15, -0.1) is 0 Å². The number of rotatable bonds is 7. The van der Waals surface area contributed by atoms with Gasteiger partial charge in [-0.05, 0) is 30.1 Å². The van der Waals surface area contributed by atoms with Crippen LogP contribution in [0.25, 0.3) is 0 Å². The zero-order chi connectivity index (χ0) is 15.1. The highest BCUT2D eigenvalue weighted by atomic mass is 32.1. The Morgan fingerprint density at radius 3 is 2.48 bits per heavy atom. The minimum atomic E-state index is 0.00402. The average molecular weight is 302 g/mol. The Balaban J connectivity index is 2.08. The van der Waals surface area contributed by atoms with Crippen LogP contribution in [0.5, 0.6) is 0 Å². The second kappa shape index (κ2) is 7.96. The van der Waals surface area contributed by atoms with Crippen molar-refractivity contribution in [2.24, 2.45) is 0 Å². The minimum Gasteiger partial charge on any atom is -0.350 e. The van der Waals surface area contributed by atoms with Gasteiger partial charge >= 0.3 is 0 Å². The molecule has 0 radical (unpaired) electrons. The molecule has 4 heteroatoms. The van der Waals surface area contributed by atoms with Crippen LogP contribution >= 0.6 is 11.3 Å². The molecule has 0 spiro atoms. The number of thiophene rings is 1. The standard InChI is InChI=1S/C17H22N2OS/c1-3-19(4-2)16(14-8-6-5-7-9-14)12-18-17(20)15-10-11-21-13-15/h5-11,13,16H,3-4,12H2,1-2H3,(H,18,20). The lowest BCUT2D eigenvalue weighted by Crippen LogP contribution is -2.38. The molecule has 1 heterocycles. The van der Waals surface area contributed by atoms with E-state index in [9.17, 15) is 4.79 Å². The van der Waals surface area contributed by atoms with E-state index in [2.05, 4.69) is 36.2 Å². The summed E-state index contributed by atoms with van der Waals surface area (Å²) in [5.41, 5.74) is 1.98. The fourth-order valence-electron chi connectivity index (χ4n) is 2.48. The third-order valence-corrected chi connectivity index (χ3v) is 4.36. The zero-order valence-corrected chi connectivity index (χ0v) is 13.4. The lowest BCUT2D eigenvalue weighted by Gasteiger charge is -2.30. The fourth-order valence-corrected chi connectivity index (χ4v) is 3.12. The van der Waals surface area contributed by atoms with E-state index >= 15 is 0 Å². The van der Waals surface area contributed by atoms with Gasteiger partial charge in [-0.1, -0.05) is 44.2 Å². The Morgan fingerprint density at radius 1 is 1.19 bits per heavy atom. The lowest BCUT2D eigenvalue weighted by atomic mass is 10.0. The van der Waals surface area contributed by atoms with Gasteiger partial charge in [-0.3, -0.25) is 9.69 Å². The van der Waals surface area contributed by atoms with Crippen LogP contribution in [-0.2, 0) is 0 Å². The van der Waals surface area contributed by atoms with Crippen LogP contribution in [0.15, 0.2) is 47.2 Å². The summed E-state index contributed by atoms with van der Waals surface area (Å²) in [4.78, 5) is 14.5. The Kier molecular flexibility index (Phi) is 5.96. The Bertz CT molecular complexity index is 535. The number of carbonyl (C=O) groups excluding carboxylic acids is 1. The number of hydrogen-bond donors (Lipinski definition) is 1. The molecule has 1 aromatic carbocycles. The number of nitrogens with zero attached hydrogens (tertiary/aromatic N) is 1. The van der Waals surface area contributed by atoms with Crippen LogP contribution in [0.2, 0.25) is 0 Å². The van der Waals surface area contributed by atoms with Gasteiger partial charge in [0.25, 0.3) is 5.91 Å². The van der Waals surface area contributed by atoms with E-state index in [1.807, 2.05) is 35.0 Å². The highest BCUT2D eigenvalue weighted by molar-refractivity contribution is 7.08. The van der Waals surface area contributed by atoms with E-state index in [0.29, 0.717) is 6.54 Å². The minimum absolute atomic E-state index is 0.00402. The average Bonchev–Trinajstić information content (AvgIpc) is 3.06. The zero-order valence-electron chi connectivity index (χ0n) is 12.6. The Labute approximate surface area is 130 Å². The molecular formula is C17H22N2OS. The van der Waals surface area contributed by atoms with E-state index < -0.39 is 0 Å². The lowest BCUT2D eigenvalue weighted by molar-refractivity contribution is 0.0935. The molecule has 2 aromatic rings. The maximum absolute atomic E-state index is 12.1. The van der Waals surface area contributed by atoms with E-state index in [0.717, 1.165) is 18.7 Å². The Hall–Kier alpha value is -1.65. The van der Waals surface area contributed by atoms with Crippen LogP contribution < -0.4 is 5.32 Å². The quantitative estimate of drug-likeness (QED) is 0.848. The van der Waals surface area contributed by atoms with Gasteiger partial charge in [-0.2, -0.15) is 11.3 Å². The van der Waals surface area contributed by atoms with E-state index in [4.69, 9.17) is 0 Å². The predicted octanol–water partition coefficient (Wildman–Crippen LogP) is 3.56. The summed E-state index contributed by atoms with van der Waals surface area (Å²) < 4.78 is 0. The highest BCUT2D eigenvalue weighted by Gasteiger charge is 2.18. The van der Waals surface area contributed by atoms with Gasteiger partial charge in [0.2, 0.25) is 0 Å². The number of carbonyl (C=O) groups is 1. The summed E-state index contributed by atoms with van der Waals surface area (Å²) >= 11 is 1.54. The third kappa shape index (κ3) is 4.16. The molecule has 1 amide bonds. The first-order valence-corrected chi connectivity index (χ1v) is 8.30. The SMILES string of the molecule is CCN(CC)C(CNC(=O)c1ccsc1)c1ccccc1. The first-order chi connectivity index (χ1) is 10.3. The van der Waals surface area contributed by atoms with E-state index in [1.54, 1.807) is 11.3 Å². The smallest absolute Gasteiger partial charge is 0.252 e. The van der Waals surface area contributed by atoms with Gasteiger partial charge in [-0.25, -0.2) is 0 Å². The molecule has 1 N–H and O–H groups in total. The van der Waals surface area contributed by atoms with Crippen molar-refractivity contribution in [3.63, 3.8) is 0 Å². The molecule has 1 atom stereocenters. The number of amides is 1. The molecule has 0 saturated heterocycles. The van der Waals surface area contributed by atoms with Crippen LogP contribution in [0.4, 0.5) is 0 Å². The molecule has 0 aliphatic heterocycles. The van der Waals surface area contributed by atoms with Crippen molar-refractivity contribution in [3.05, 3.63) is 58.3 Å². The normalized spacial score (nSPS) is 12.3. The second-order valence-corrected chi connectivity index (χ2v) is 5.65. The third-order valence-electron chi connectivity index (χ3n) is 3.68. The summed E-state index contributed by atoms with van der Waals surface area (Å²) in [5.74, 6) is 0.00402. The van der Waals surface area contributed by atoms with E-state index in [-0.39, 0.29) is 11.9 Å². The molecular weight excluding hydrogens is 280 g/mol. The molecule has 0 saturated carbocycles. The van der Waals surface area contributed by atoms with Crippen LogP contribution in [0, 0.1) is 0 Å². The van der Waals surface area contributed by atoms with Gasteiger partial charge in [0.1, 0.15) is 0 Å². The summed E-state index contributed by atoms with van der Waals surface area (Å²) in [7, 11) is 0. The van der Waals surface area contributed by atoms with Crippen molar-refractivity contribution in [1.29, 1.82) is 0 Å². The molecule has 0 bridgehead atoms. The second-order valence-electron chi connectivity index (χ2n) is 4.87. The van der Waals surface area contributed by atoms with Crippen LogP contribution in [-0.4, -0.2) is 30.4 Å². The van der Waals surface area contributed by atoms with E-state index in [1.165, 1.54) is 5.56 Å². The van der Waals surface area contributed by atoms with Crippen LogP contribution in [0.1, 0.15) is 35.8 Å². The Morgan fingerprint density at radius 2 is 1.90 bits per heavy atom. The number of hydrogen-bond acceptors (Lipinski definition) is 3. The van der Waals surface area contributed by atoms with Gasteiger partial charge in [0, 0.05) is 17.5 Å². The van der Waals surface area contributed by atoms with Gasteiger partial charge in [0.15, 0.2) is 0 Å². The molecule has 1 unspecified atom stereocenters. The molecule has 112 valence electrons. The fraction of sp³-hybridized carbons (Fsp3) is 0.353. The maximum Gasteiger partial charge on any atom is 0.252 e. The molecule has 2 rings (SSSR count). The molecule has 21 heavy (non-hydrogen) atoms. The monoisotopic (exact) mass is 302 g/mol. The molecule has 0 aliphatic carbocycles. The van der Waals surface area contributed by atoms with Crippen molar-refractivity contribution in [2.75, 3.05) is 19.6 Å². The number of nitrogens with one attached hydrogen (secondary N) is 1. The first-order valence-electron chi connectivity index (χ1n) is 7.35. The largest absolute Gasteiger partial charge is 0.350 e. The van der Waals surface area contributed by atoms with Crippen molar-refractivity contribution in [1.82, 2.24) is 10.2 Å². The number of benzene rings is 1. The van der Waals surface area contributed by atoms with Gasteiger partial charge < -0.3 is 5.32 Å². The topological polar surface area (TPSA) is 32.3 Å². The summed E-state index contributed by atoms with van der Waals surface area (Å²) in [6.45, 7) is 6.86. The maximum atomic E-state index is 12.1.